The maximum atomic E-state index is 13.2. The minimum Gasteiger partial charge on any atom is -0.376 e. The Morgan fingerprint density at radius 1 is 1.31 bits per heavy atom. The summed E-state index contributed by atoms with van der Waals surface area (Å²) in [6.45, 7) is 2.14. The van der Waals surface area contributed by atoms with Crippen LogP contribution in [0.25, 0.3) is 10.9 Å². The van der Waals surface area contributed by atoms with Gasteiger partial charge in [0.25, 0.3) is 11.5 Å². The van der Waals surface area contributed by atoms with Gasteiger partial charge in [-0.3, -0.25) is 9.59 Å². The van der Waals surface area contributed by atoms with E-state index in [1.807, 2.05) is 23.1 Å². The average molecular weight is 413 g/mol. The Labute approximate surface area is 172 Å². The molecule has 1 aromatic carbocycles. The minimum absolute atomic E-state index is 0.0550. The lowest BCUT2D eigenvalue weighted by atomic mass is 10.1. The van der Waals surface area contributed by atoms with Gasteiger partial charge in [0, 0.05) is 40.5 Å². The van der Waals surface area contributed by atoms with Crippen molar-refractivity contribution in [1.29, 1.82) is 0 Å². The molecule has 0 aliphatic carbocycles. The van der Waals surface area contributed by atoms with Gasteiger partial charge in [-0.05, 0) is 37.1 Å². The molecule has 1 saturated heterocycles. The molecule has 3 aromatic rings. The number of hydrogen-bond acceptors (Lipinski definition) is 4. The van der Waals surface area contributed by atoms with E-state index in [1.54, 1.807) is 12.1 Å². The predicted octanol–water partition coefficient (Wildman–Crippen LogP) is 2.76. The number of fused-ring (bicyclic) bond motifs is 2. The molecule has 5 rings (SSSR count). The summed E-state index contributed by atoms with van der Waals surface area (Å²) in [7, 11) is 0. The van der Waals surface area contributed by atoms with Gasteiger partial charge in [0.1, 0.15) is 5.69 Å². The van der Waals surface area contributed by atoms with Crippen LogP contribution in [-0.2, 0) is 24.3 Å². The van der Waals surface area contributed by atoms with Crippen molar-refractivity contribution in [2.24, 2.45) is 0 Å². The number of likely N-dealkylation sites (tertiary alicyclic amines) is 1. The van der Waals surface area contributed by atoms with E-state index < -0.39 is 0 Å². The number of aromatic nitrogens is 3. The van der Waals surface area contributed by atoms with Crippen LogP contribution in [0, 0.1) is 0 Å². The van der Waals surface area contributed by atoms with Gasteiger partial charge in [-0.15, -0.1) is 0 Å². The van der Waals surface area contributed by atoms with Crippen LogP contribution >= 0.6 is 11.6 Å². The van der Waals surface area contributed by atoms with E-state index in [2.05, 4.69) is 10.1 Å². The van der Waals surface area contributed by atoms with E-state index in [0.717, 1.165) is 35.0 Å². The highest BCUT2D eigenvalue weighted by molar-refractivity contribution is 6.31. The first-order valence-corrected chi connectivity index (χ1v) is 10.2. The fourth-order valence-electron chi connectivity index (χ4n) is 4.25. The van der Waals surface area contributed by atoms with Gasteiger partial charge in [0.2, 0.25) is 0 Å². The summed E-state index contributed by atoms with van der Waals surface area (Å²) in [5.41, 5.74) is 3.06. The Morgan fingerprint density at radius 2 is 2.21 bits per heavy atom. The molecule has 150 valence electrons. The van der Waals surface area contributed by atoms with E-state index in [9.17, 15) is 9.59 Å². The molecule has 29 heavy (non-hydrogen) atoms. The number of H-pyrrole nitrogens is 1. The molecule has 2 aliphatic heterocycles. The van der Waals surface area contributed by atoms with Crippen LogP contribution in [0.3, 0.4) is 0 Å². The molecular formula is C21H21ClN4O3. The minimum atomic E-state index is -0.145. The topological polar surface area (TPSA) is 80.2 Å². The summed E-state index contributed by atoms with van der Waals surface area (Å²) < 4.78 is 6.91. The lowest BCUT2D eigenvalue weighted by Crippen LogP contribution is -2.41. The summed E-state index contributed by atoms with van der Waals surface area (Å²) in [5.74, 6) is -0.0563. The SMILES string of the molecule is O=C(c1cc2cc(Cl)ccc2[nH]1)N1CCCC1Cn1nc2c(cc1=O)COCC2. The number of nitrogens with one attached hydrogen (secondary N) is 1. The van der Waals surface area contributed by atoms with Gasteiger partial charge >= 0.3 is 0 Å². The highest BCUT2D eigenvalue weighted by Crippen LogP contribution is 2.25. The molecule has 4 heterocycles. The van der Waals surface area contributed by atoms with Gasteiger partial charge in [-0.25, -0.2) is 4.68 Å². The highest BCUT2D eigenvalue weighted by atomic mass is 35.5. The number of ether oxygens (including phenoxy) is 1. The smallest absolute Gasteiger partial charge is 0.270 e. The number of amides is 1. The summed E-state index contributed by atoms with van der Waals surface area (Å²) in [6.07, 6.45) is 2.47. The van der Waals surface area contributed by atoms with Crippen molar-refractivity contribution in [1.82, 2.24) is 19.7 Å². The Balaban J connectivity index is 1.39. The molecule has 1 amide bonds. The molecule has 0 spiro atoms. The predicted molar refractivity (Wildman–Crippen MR) is 109 cm³/mol. The van der Waals surface area contributed by atoms with Crippen LogP contribution in [0.1, 0.15) is 34.6 Å². The Hall–Kier alpha value is -2.64. The Kier molecular flexibility index (Phi) is 4.64. The van der Waals surface area contributed by atoms with Crippen LogP contribution < -0.4 is 5.56 Å². The van der Waals surface area contributed by atoms with Crippen LogP contribution in [0.5, 0.6) is 0 Å². The number of nitrogens with zero attached hydrogens (tertiary/aromatic N) is 3. The van der Waals surface area contributed by atoms with Crippen molar-refractivity contribution < 1.29 is 9.53 Å². The first kappa shape index (κ1) is 18.4. The Morgan fingerprint density at radius 3 is 3.10 bits per heavy atom. The van der Waals surface area contributed by atoms with Crippen molar-refractivity contribution in [2.75, 3.05) is 13.2 Å². The number of carbonyl (C=O) groups is 1. The van der Waals surface area contributed by atoms with Crippen LogP contribution in [0.2, 0.25) is 5.02 Å². The lowest BCUT2D eigenvalue weighted by Gasteiger charge is -2.25. The summed E-state index contributed by atoms with van der Waals surface area (Å²) >= 11 is 6.06. The zero-order valence-electron chi connectivity index (χ0n) is 15.9. The van der Waals surface area contributed by atoms with Crippen LogP contribution in [0.4, 0.5) is 0 Å². The fourth-order valence-corrected chi connectivity index (χ4v) is 4.43. The first-order chi connectivity index (χ1) is 14.1. The molecule has 0 saturated carbocycles. The fraction of sp³-hybridized carbons (Fsp3) is 0.381. The summed E-state index contributed by atoms with van der Waals surface area (Å²) in [5, 5.41) is 6.10. The van der Waals surface area contributed by atoms with E-state index in [-0.39, 0.29) is 17.5 Å². The highest BCUT2D eigenvalue weighted by Gasteiger charge is 2.31. The zero-order valence-corrected chi connectivity index (χ0v) is 16.6. The summed E-state index contributed by atoms with van der Waals surface area (Å²) in [6, 6.07) is 8.90. The van der Waals surface area contributed by atoms with Crippen molar-refractivity contribution in [3.8, 4) is 0 Å². The average Bonchev–Trinajstić information content (AvgIpc) is 3.34. The number of halogens is 1. The zero-order chi connectivity index (χ0) is 20.0. The number of benzene rings is 1. The van der Waals surface area contributed by atoms with Gasteiger partial charge in [-0.2, -0.15) is 5.10 Å². The number of rotatable bonds is 3. The second-order valence-corrected chi connectivity index (χ2v) is 8.08. The van der Waals surface area contributed by atoms with Gasteiger partial charge < -0.3 is 14.6 Å². The van der Waals surface area contributed by atoms with E-state index in [1.165, 1.54) is 4.68 Å². The second-order valence-electron chi connectivity index (χ2n) is 7.65. The number of hydrogen-bond donors (Lipinski definition) is 1. The van der Waals surface area contributed by atoms with Crippen LogP contribution in [-0.4, -0.2) is 44.8 Å². The van der Waals surface area contributed by atoms with E-state index in [4.69, 9.17) is 16.3 Å². The third-order valence-corrected chi connectivity index (χ3v) is 5.97. The van der Waals surface area contributed by atoms with Gasteiger partial charge in [0.15, 0.2) is 0 Å². The molecule has 2 aliphatic rings. The van der Waals surface area contributed by atoms with E-state index >= 15 is 0 Å². The molecule has 1 atom stereocenters. The largest absolute Gasteiger partial charge is 0.376 e. The molecule has 1 N–H and O–H groups in total. The third kappa shape index (κ3) is 3.45. The molecule has 7 nitrogen and oxygen atoms in total. The quantitative estimate of drug-likeness (QED) is 0.717. The summed E-state index contributed by atoms with van der Waals surface area (Å²) in [4.78, 5) is 30.7. The van der Waals surface area contributed by atoms with Crippen molar-refractivity contribution in [2.45, 2.75) is 38.5 Å². The number of carbonyl (C=O) groups excluding carboxylic acids is 1. The molecule has 8 heteroatoms. The molecule has 0 radical (unpaired) electrons. The normalized spacial score (nSPS) is 18.9. The van der Waals surface area contributed by atoms with Crippen molar-refractivity contribution in [3.05, 3.63) is 62.7 Å². The standard InChI is InChI=1S/C21H21ClN4O3/c22-15-3-4-17-13(8-15)9-19(23-17)21(28)25-6-1-2-16(25)11-26-20(27)10-14-12-29-7-5-18(14)24-26/h3-4,8-10,16,23H,1-2,5-7,11-12H2. The molecular weight excluding hydrogens is 392 g/mol. The number of aromatic amines is 1. The molecule has 1 fully saturated rings. The maximum absolute atomic E-state index is 13.2. The van der Waals surface area contributed by atoms with Crippen molar-refractivity contribution in [3.63, 3.8) is 0 Å². The third-order valence-electron chi connectivity index (χ3n) is 5.74. The van der Waals surface area contributed by atoms with Crippen LogP contribution in [0.15, 0.2) is 35.1 Å². The Bertz CT molecular complexity index is 1150. The molecule has 2 aromatic heterocycles. The van der Waals surface area contributed by atoms with Gasteiger partial charge in [0.05, 0.1) is 31.5 Å². The molecule has 1 unspecified atom stereocenters. The van der Waals surface area contributed by atoms with E-state index in [0.29, 0.717) is 43.4 Å². The first-order valence-electron chi connectivity index (χ1n) is 9.85. The second kappa shape index (κ2) is 7.31. The monoisotopic (exact) mass is 412 g/mol. The maximum Gasteiger partial charge on any atom is 0.270 e. The lowest BCUT2D eigenvalue weighted by molar-refractivity contribution is 0.0714. The van der Waals surface area contributed by atoms with Gasteiger partial charge in [-0.1, -0.05) is 11.6 Å². The van der Waals surface area contributed by atoms with Crippen molar-refractivity contribution >= 4 is 28.4 Å². The molecule has 0 bridgehead atoms.